The lowest BCUT2D eigenvalue weighted by Crippen LogP contribution is -2.35. The molecule has 0 aliphatic rings. The first kappa shape index (κ1) is 13.3. The molecule has 1 aromatic carbocycles. The highest BCUT2D eigenvalue weighted by molar-refractivity contribution is 5.98. The average Bonchev–Trinajstić information content (AvgIpc) is 2.87. The lowest BCUT2D eigenvalue weighted by Gasteiger charge is -2.24. The summed E-state index contributed by atoms with van der Waals surface area (Å²) in [5.74, 6) is 0.647. The van der Waals surface area contributed by atoms with Crippen molar-refractivity contribution in [2.45, 2.75) is 32.6 Å². The molecular formula is C15H19N3O. The summed E-state index contributed by atoms with van der Waals surface area (Å²) in [7, 11) is 0. The zero-order chi connectivity index (χ0) is 13.9. The van der Waals surface area contributed by atoms with E-state index in [1.807, 2.05) is 51.1 Å². The highest BCUT2D eigenvalue weighted by Crippen LogP contribution is 2.25. The van der Waals surface area contributed by atoms with E-state index in [-0.39, 0.29) is 5.91 Å². The Balaban J connectivity index is 2.20. The Kier molecular flexibility index (Phi) is 3.69. The van der Waals surface area contributed by atoms with Crippen LogP contribution in [0.4, 0.5) is 5.82 Å². The molecule has 2 N–H and O–H groups in total. The van der Waals surface area contributed by atoms with Crippen LogP contribution in [0.25, 0.3) is 0 Å². The van der Waals surface area contributed by atoms with Crippen LogP contribution in [0.3, 0.4) is 0 Å². The van der Waals surface area contributed by atoms with Crippen molar-refractivity contribution in [2.75, 3.05) is 5.32 Å². The summed E-state index contributed by atoms with van der Waals surface area (Å²) >= 11 is 0. The monoisotopic (exact) mass is 257 g/mol. The number of nitrogens with zero attached hydrogens (tertiary/aromatic N) is 1. The Bertz CT molecular complexity index is 558. The molecule has 2 rings (SSSR count). The zero-order valence-corrected chi connectivity index (χ0v) is 11.5. The van der Waals surface area contributed by atoms with Gasteiger partial charge in [0.25, 0.3) is 0 Å². The molecule has 0 spiro atoms. The molecule has 1 amide bonds. The third kappa shape index (κ3) is 2.67. The van der Waals surface area contributed by atoms with Crippen LogP contribution in [-0.4, -0.2) is 16.1 Å². The molecule has 0 saturated carbocycles. The highest BCUT2D eigenvalue weighted by atomic mass is 16.2. The minimum atomic E-state index is -0.586. The number of aromatic amines is 1. The molecule has 4 nitrogen and oxygen atoms in total. The molecule has 1 heterocycles. The van der Waals surface area contributed by atoms with Gasteiger partial charge < -0.3 is 5.32 Å². The normalized spacial score (nSPS) is 11.3. The van der Waals surface area contributed by atoms with Gasteiger partial charge in [-0.15, -0.1) is 0 Å². The number of anilines is 1. The number of aryl methyl sites for hydroxylation is 1. The smallest absolute Gasteiger partial charge is 0.235 e. The van der Waals surface area contributed by atoms with Gasteiger partial charge in [-0.1, -0.05) is 37.3 Å². The van der Waals surface area contributed by atoms with Crippen LogP contribution in [0.15, 0.2) is 36.5 Å². The maximum atomic E-state index is 12.4. The number of amides is 1. The number of carbonyl (C=O) groups excluding carboxylic acids is 1. The maximum Gasteiger partial charge on any atom is 0.235 e. The molecule has 0 atom stereocenters. The molecule has 0 bridgehead atoms. The predicted molar refractivity (Wildman–Crippen MR) is 76.1 cm³/mol. The number of H-pyrrole nitrogens is 1. The summed E-state index contributed by atoms with van der Waals surface area (Å²) in [6.07, 6.45) is 2.57. The van der Waals surface area contributed by atoms with Gasteiger partial charge in [-0.2, -0.15) is 5.10 Å². The van der Waals surface area contributed by atoms with Gasteiger partial charge in [-0.05, 0) is 25.8 Å². The number of benzene rings is 1. The van der Waals surface area contributed by atoms with Crippen LogP contribution in [0, 0.1) is 0 Å². The molecule has 0 aliphatic heterocycles. The predicted octanol–water partition coefficient (Wildman–Crippen LogP) is 2.89. The Morgan fingerprint density at radius 1 is 1.32 bits per heavy atom. The van der Waals surface area contributed by atoms with Crippen molar-refractivity contribution in [2.24, 2.45) is 0 Å². The molecule has 0 unspecified atom stereocenters. The fourth-order valence-electron chi connectivity index (χ4n) is 1.94. The van der Waals surface area contributed by atoms with Crippen LogP contribution in [0.5, 0.6) is 0 Å². The van der Waals surface area contributed by atoms with Crippen molar-refractivity contribution in [3.8, 4) is 0 Å². The van der Waals surface area contributed by atoms with Crippen LogP contribution in [0.1, 0.15) is 31.9 Å². The molecule has 0 fully saturated rings. The van der Waals surface area contributed by atoms with Crippen molar-refractivity contribution < 1.29 is 4.79 Å². The second-order valence-corrected chi connectivity index (χ2v) is 5.07. The van der Waals surface area contributed by atoms with E-state index in [4.69, 9.17) is 0 Å². The summed E-state index contributed by atoms with van der Waals surface area (Å²) in [4.78, 5) is 12.4. The van der Waals surface area contributed by atoms with Gasteiger partial charge in [0.05, 0.1) is 11.6 Å². The van der Waals surface area contributed by atoms with Gasteiger partial charge in [-0.25, -0.2) is 0 Å². The first-order valence-corrected chi connectivity index (χ1v) is 6.45. The lowest BCUT2D eigenvalue weighted by atomic mass is 9.84. The van der Waals surface area contributed by atoms with E-state index in [9.17, 15) is 4.79 Å². The van der Waals surface area contributed by atoms with E-state index in [2.05, 4.69) is 15.5 Å². The van der Waals surface area contributed by atoms with Crippen molar-refractivity contribution in [1.29, 1.82) is 0 Å². The van der Waals surface area contributed by atoms with Crippen LogP contribution >= 0.6 is 0 Å². The molecular weight excluding hydrogens is 238 g/mol. The SMILES string of the molecule is CCc1cn[nH]c1NC(=O)C(C)(C)c1ccccc1. The summed E-state index contributed by atoms with van der Waals surface area (Å²) in [6, 6.07) is 9.76. The van der Waals surface area contributed by atoms with Crippen LogP contribution in [0.2, 0.25) is 0 Å². The van der Waals surface area contributed by atoms with Gasteiger partial charge in [0.1, 0.15) is 5.82 Å². The Morgan fingerprint density at radius 3 is 2.63 bits per heavy atom. The third-order valence-corrected chi connectivity index (χ3v) is 3.40. The zero-order valence-electron chi connectivity index (χ0n) is 11.5. The highest BCUT2D eigenvalue weighted by Gasteiger charge is 2.30. The summed E-state index contributed by atoms with van der Waals surface area (Å²) in [5, 5.41) is 9.71. The van der Waals surface area contributed by atoms with E-state index >= 15 is 0 Å². The lowest BCUT2D eigenvalue weighted by molar-refractivity contribution is -0.120. The van der Waals surface area contributed by atoms with Gasteiger partial charge in [-0.3, -0.25) is 9.89 Å². The number of aromatic nitrogens is 2. The summed E-state index contributed by atoms with van der Waals surface area (Å²) in [5.41, 5.74) is 1.42. The van der Waals surface area contributed by atoms with Crippen molar-refractivity contribution in [3.63, 3.8) is 0 Å². The van der Waals surface area contributed by atoms with Crippen molar-refractivity contribution >= 4 is 11.7 Å². The Hall–Kier alpha value is -2.10. The quantitative estimate of drug-likeness (QED) is 0.884. The fraction of sp³-hybridized carbons (Fsp3) is 0.333. The molecule has 2 aromatic rings. The van der Waals surface area contributed by atoms with E-state index in [1.54, 1.807) is 6.20 Å². The molecule has 4 heteroatoms. The van der Waals surface area contributed by atoms with Gasteiger partial charge in [0.15, 0.2) is 0 Å². The topological polar surface area (TPSA) is 57.8 Å². The molecule has 100 valence electrons. The second kappa shape index (κ2) is 5.26. The van der Waals surface area contributed by atoms with E-state index in [0.29, 0.717) is 5.82 Å². The minimum absolute atomic E-state index is 0.0438. The first-order chi connectivity index (χ1) is 9.05. The van der Waals surface area contributed by atoms with E-state index < -0.39 is 5.41 Å². The van der Waals surface area contributed by atoms with Gasteiger partial charge >= 0.3 is 0 Å². The molecule has 0 aliphatic carbocycles. The fourth-order valence-corrected chi connectivity index (χ4v) is 1.94. The minimum Gasteiger partial charge on any atom is -0.310 e. The molecule has 0 radical (unpaired) electrons. The maximum absolute atomic E-state index is 12.4. The first-order valence-electron chi connectivity index (χ1n) is 6.45. The number of carbonyl (C=O) groups is 1. The van der Waals surface area contributed by atoms with E-state index in [1.165, 1.54) is 0 Å². The van der Waals surface area contributed by atoms with Crippen molar-refractivity contribution in [1.82, 2.24) is 10.2 Å². The van der Waals surface area contributed by atoms with Crippen LogP contribution < -0.4 is 5.32 Å². The Morgan fingerprint density at radius 2 is 2.00 bits per heavy atom. The molecule has 0 saturated heterocycles. The van der Waals surface area contributed by atoms with Gasteiger partial charge in [0.2, 0.25) is 5.91 Å². The summed E-state index contributed by atoms with van der Waals surface area (Å²) < 4.78 is 0. The third-order valence-electron chi connectivity index (χ3n) is 3.40. The van der Waals surface area contributed by atoms with Crippen LogP contribution in [-0.2, 0) is 16.6 Å². The Labute approximate surface area is 113 Å². The van der Waals surface area contributed by atoms with Crippen molar-refractivity contribution in [3.05, 3.63) is 47.7 Å². The van der Waals surface area contributed by atoms with Gasteiger partial charge in [0, 0.05) is 5.56 Å². The second-order valence-electron chi connectivity index (χ2n) is 5.07. The largest absolute Gasteiger partial charge is 0.310 e. The van der Waals surface area contributed by atoms with E-state index in [0.717, 1.165) is 17.5 Å². The average molecular weight is 257 g/mol. The number of hydrogen-bond acceptors (Lipinski definition) is 2. The number of hydrogen-bond donors (Lipinski definition) is 2. The standard InChI is InChI=1S/C15H19N3O/c1-4-11-10-16-18-13(11)17-14(19)15(2,3)12-8-6-5-7-9-12/h5-10H,4H2,1-3H3,(H2,16,17,18,19). The number of rotatable bonds is 4. The summed E-state index contributed by atoms with van der Waals surface area (Å²) in [6.45, 7) is 5.86. The molecule has 19 heavy (non-hydrogen) atoms. The number of nitrogens with one attached hydrogen (secondary N) is 2. The molecule has 1 aromatic heterocycles.